The Bertz CT molecular complexity index is 1420. The lowest BCUT2D eigenvalue weighted by Crippen LogP contribution is -2.49. The Morgan fingerprint density at radius 2 is 1.60 bits per heavy atom. The number of benzene rings is 2. The van der Waals surface area contributed by atoms with Gasteiger partial charge in [-0.25, -0.2) is 9.59 Å². The molecule has 2 aromatic carbocycles. The van der Waals surface area contributed by atoms with Gasteiger partial charge in [-0.05, 0) is 35.4 Å². The van der Waals surface area contributed by atoms with Crippen molar-refractivity contribution >= 4 is 29.4 Å². The molecule has 10 nitrogen and oxygen atoms in total. The van der Waals surface area contributed by atoms with Crippen LogP contribution in [0.2, 0.25) is 0 Å². The maximum Gasteiger partial charge on any atom is 0.452 e. The Labute approximate surface area is 225 Å². The van der Waals surface area contributed by atoms with Crippen molar-refractivity contribution in [2.75, 3.05) is 12.4 Å². The van der Waals surface area contributed by atoms with E-state index in [1.54, 1.807) is 30.3 Å². The highest BCUT2D eigenvalue weighted by atomic mass is 19.4. The number of amides is 2. The zero-order chi connectivity index (χ0) is 29.3. The number of Topliss-reactive ketones (excluding diaryl/α,β-unsaturated/α-hetero) is 1. The Morgan fingerprint density at radius 1 is 0.925 bits per heavy atom. The van der Waals surface area contributed by atoms with E-state index in [2.05, 4.69) is 15.4 Å². The number of ketones is 1. The molecule has 0 bridgehead atoms. The van der Waals surface area contributed by atoms with Crippen LogP contribution in [0.25, 0.3) is 0 Å². The third-order valence-corrected chi connectivity index (χ3v) is 5.53. The monoisotopic (exact) mass is 559 g/mol. The molecule has 3 rings (SSSR count). The van der Waals surface area contributed by atoms with Crippen LogP contribution in [0, 0.1) is 0 Å². The summed E-state index contributed by atoms with van der Waals surface area (Å²) in [4.78, 5) is 60.9. The summed E-state index contributed by atoms with van der Waals surface area (Å²) in [5, 5.41) is 4.29. The number of rotatable bonds is 10. The van der Waals surface area contributed by atoms with Gasteiger partial charge in [0.25, 0.3) is 11.3 Å². The van der Waals surface area contributed by atoms with Crippen LogP contribution in [0.4, 0.5) is 23.7 Å². The average molecular weight is 559 g/mol. The number of esters is 1. The Hall–Kier alpha value is -4.94. The van der Waals surface area contributed by atoms with Gasteiger partial charge in [0.1, 0.15) is 24.9 Å². The van der Waals surface area contributed by atoms with Gasteiger partial charge in [0, 0.05) is 12.6 Å². The fourth-order valence-corrected chi connectivity index (χ4v) is 3.56. The summed E-state index contributed by atoms with van der Waals surface area (Å²) in [6, 6.07) is 14.6. The van der Waals surface area contributed by atoms with Crippen LogP contribution >= 0.6 is 0 Å². The lowest BCUT2D eigenvalue weighted by molar-refractivity contribution is -0.173. The second-order valence-electron chi connectivity index (χ2n) is 8.42. The first-order valence-corrected chi connectivity index (χ1v) is 11.7. The number of hydrogen-bond donors (Lipinski definition) is 2. The summed E-state index contributed by atoms with van der Waals surface area (Å²) >= 11 is 0. The van der Waals surface area contributed by atoms with Crippen molar-refractivity contribution in [3.05, 3.63) is 100.0 Å². The number of anilines is 1. The van der Waals surface area contributed by atoms with E-state index in [-0.39, 0.29) is 12.3 Å². The van der Waals surface area contributed by atoms with E-state index in [9.17, 15) is 37.1 Å². The summed E-state index contributed by atoms with van der Waals surface area (Å²) < 4.78 is 49.9. The van der Waals surface area contributed by atoms with Gasteiger partial charge >= 0.3 is 18.2 Å². The Kier molecular flexibility index (Phi) is 9.79. The van der Waals surface area contributed by atoms with Crippen LogP contribution in [-0.4, -0.2) is 47.6 Å². The quantitative estimate of drug-likeness (QED) is 0.365. The van der Waals surface area contributed by atoms with E-state index in [0.29, 0.717) is 16.7 Å². The second-order valence-corrected chi connectivity index (χ2v) is 8.42. The topological polar surface area (TPSA) is 133 Å². The molecule has 40 heavy (non-hydrogen) atoms. The maximum atomic E-state index is 13.1. The summed E-state index contributed by atoms with van der Waals surface area (Å²) in [6.07, 6.45) is -5.38. The van der Waals surface area contributed by atoms with E-state index < -0.39 is 54.5 Å². The van der Waals surface area contributed by atoms with Crippen molar-refractivity contribution < 1.29 is 41.8 Å². The van der Waals surface area contributed by atoms with Crippen LogP contribution in [-0.2, 0) is 38.6 Å². The number of hydrogen-bond acceptors (Lipinski definition) is 7. The van der Waals surface area contributed by atoms with Crippen LogP contribution in [0.15, 0.2) is 77.7 Å². The number of methoxy groups -OCH3 is 1. The number of halogens is 3. The van der Waals surface area contributed by atoms with Crippen molar-refractivity contribution in [2.45, 2.75) is 31.8 Å². The molecule has 1 heterocycles. The summed E-state index contributed by atoms with van der Waals surface area (Å²) in [6.45, 7) is -0.904. The molecule has 13 heteroatoms. The third-order valence-electron chi connectivity index (χ3n) is 5.53. The van der Waals surface area contributed by atoms with E-state index >= 15 is 0 Å². The van der Waals surface area contributed by atoms with Gasteiger partial charge < -0.3 is 19.4 Å². The van der Waals surface area contributed by atoms with Crippen molar-refractivity contribution in [3.63, 3.8) is 0 Å². The van der Waals surface area contributed by atoms with Gasteiger partial charge in [-0.2, -0.15) is 13.2 Å². The van der Waals surface area contributed by atoms with Crippen molar-refractivity contribution in [3.8, 4) is 0 Å². The first kappa shape index (κ1) is 29.6. The molecule has 0 fully saturated rings. The van der Waals surface area contributed by atoms with Gasteiger partial charge in [-0.1, -0.05) is 42.5 Å². The van der Waals surface area contributed by atoms with E-state index in [4.69, 9.17) is 4.74 Å². The number of nitrogens with zero attached hydrogens (tertiary/aromatic N) is 1. The SMILES string of the molecule is COC(=O)c1ccc(COC(=O)Nc2cccn(CC(=O)NC(Cc3ccccc3)C(=O)C(F)(F)F)c2=O)cc1. The fourth-order valence-electron chi connectivity index (χ4n) is 3.56. The summed E-state index contributed by atoms with van der Waals surface area (Å²) in [7, 11) is 1.24. The number of carbonyl (C=O) groups excluding carboxylic acids is 4. The average Bonchev–Trinajstić information content (AvgIpc) is 2.93. The normalized spacial score (nSPS) is 11.7. The second kappa shape index (κ2) is 13.2. The van der Waals surface area contributed by atoms with Crippen LogP contribution in [0.1, 0.15) is 21.5 Å². The van der Waals surface area contributed by atoms with Gasteiger partial charge in [0.05, 0.1) is 12.7 Å². The zero-order valence-electron chi connectivity index (χ0n) is 21.1. The molecular weight excluding hydrogens is 535 g/mol. The molecule has 210 valence electrons. The lowest BCUT2D eigenvalue weighted by Gasteiger charge is -2.19. The molecule has 1 aromatic heterocycles. The molecule has 2 amide bonds. The molecular formula is C27H24F3N3O7. The van der Waals surface area contributed by atoms with E-state index in [0.717, 1.165) is 4.57 Å². The molecule has 2 N–H and O–H groups in total. The minimum Gasteiger partial charge on any atom is -0.465 e. The highest BCUT2D eigenvalue weighted by molar-refractivity contribution is 5.93. The van der Waals surface area contributed by atoms with Crippen LogP contribution in [0.5, 0.6) is 0 Å². The zero-order valence-corrected chi connectivity index (χ0v) is 21.1. The smallest absolute Gasteiger partial charge is 0.452 e. The predicted molar refractivity (Wildman–Crippen MR) is 135 cm³/mol. The molecule has 0 aliphatic rings. The van der Waals surface area contributed by atoms with Crippen LogP contribution in [0.3, 0.4) is 0 Å². The number of nitrogens with one attached hydrogen (secondary N) is 2. The first-order valence-electron chi connectivity index (χ1n) is 11.7. The fraction of sp³-hybridized carbons (Fsp3) is 0.222. The minimum absolute atomic E-state index is 0.188. The minimum atomic E-state index is -5.18. The molecule has 1 unspecified atom stereocenters. The number of ether oxygens (including phenoxy) is 2. The largest absolute Gasteiger partial charge is 0.465 e. The van der Waals surface area contributed by atoms with E-state index in [1.807, 2.05) is 0 Å². The van der Waals surface area contributed by atoms with Gasteiger partial charge in [0.2, 0.25) is 5.91 Å². The molecule has 0 aliphatic carbocycles. The van der Waals surface area contributed by atoms with Crippen LogP contribution < -0.4 is 16.2 Å². The maximum absolute atomic E-state index is 13.1. The molecule has 1 atom stereocenters. The highest BCUT2D eigenvalue weighted by Gasteiger charge is 2.43. The van der Waals surface area contributed by atoms with Gasteiger partial charge in [-0.15, -0.1) is 0 Å². The van der Waals surface area contributed by atoms with Crippen molar-refractivity contribution in [2.24, 2.45) is 0 Å². The summed E-state index contributed by atoms with van der Waals surface area (Å²) in [5.41, 5.74) is 0.154. The first-order chi connectivity index (χ1) is 19.0. The van der Waals surface area contributed by atoms with Gasteiger partial charge in [-0.3, -0.25) is 19.7 Å². The lowest BCUT2D eigenvalue weighted by atomic mass is 10.0. The molecule has 0 saturated heterocycles. The third kappa shape index (κ3) is 8.28. The molecule has 3 aromatic rings. The van der Waals surface area contributed by atoms with Gasteiger partial charge in [0.15, 0.2) is 0 Å². The number of alkyl halides is 3. The van der Waals surface area contributed by atoms with Crippen molar-refractivity contribution in [1.82, 2.24) is 9.88 Å². The molecule has 0 saturated carbocycles. The Morgan fingerprint density at radius 3 is 2.23 bits per heavy atom. The molecule has 0 spiro atoms. The number of pyridine rings is 1. The standard InChI is InChI=1S/C27H24F3N3O7/c1-39-25(37)19-11-9-18(10-12-19)16-40-26(38)32-20-8-5-13-33(24(20)36)15-22(34)31-21(23(35)27(28,29)30)14-17-6-3-2-4-7-17/h2-13,21H,14-16H2,1H3,(H,31,34)(H,32,38). The molecule has 0 radical (unpaired) electrons. The highest BCUT2D eigenvalue weighted by Crippen LogP contribution is 2.20. The number of aromatic nitrogens is 1. The summed E-state index contributed by atoms with van der Waals surface area (Å²) in [5.74, 6) is -3.68. The Balaban J connectivity index is 1.63. The number of carbonyl (C=O) groups is 4. The van der Waals surface area contributed by atoms with Crippen molar-refractivity contribution in [1.29, 1.82) is 0 Å². The predicted octanol–water partition coefficient (Wildman–Crippen LogP) is 3.24. The van der Waals surface area contributed by atoms with E-state index in [1.165, 1.54) is 49.7 Å². The molecule has 0 aliphatic heterocycles.